The highest BCUT2D eigenvalue weighted by Gasteiger charge is 2.34. The number of amides is 2. The van der Waals surface area contributed by atoms with Gasteiger partial charge < -0.3 is 0 Å². The van der Waals surface area contributed by atoms with Gasteiger partial charge in [0.05, 0.1) is 23.1 Å². The summed E-state index contributed by atoms with van der Waals surface area (Å²) in [7, 11) is 0. The van der Waals surface area contributed by atoms with Crippen LogP contribution in [0.15, 0.2) is 60.7 Å². The third kappa shape index (κ3) is 3.67. The Hall–Kier alpha value is -3.19. The highest BCUT2D eigenvalue weighted by Crippen LogP contribution is 2.23. The van der Waals surface area contributed by atoms with Gasteiger partial charge in [-0.05, 0) is 30.5 Å². The molecule has 2 aromatic rings. The lowest BCUT2D eigenvalue weighted by atomic mass is 10.0. The van der Waals surface area contributed by atoms with Gasteiger partial charge in [0.25, 0.3) is 11.8 Å². The maximum Gasteiger partial charge on any atom is 0.261 e. The van der Waals surface area contributed by atoms with Crippen molar-refractivity contribution in [3.8, 4) is 6.07 Å². The fourth-order valence-electron chi connectivity index (χ4n) is 2.91. The fraction of sp³-hybridized carbons (Fsp3) is 0.190. The van der Waals surface area contributed by atoms with Crippen molar-refractivity contribution in [3.05, 3.63) is 77.4 Å². The molecule has 2 amide bonds. The smallest absolute Gasteiger partial charge is 0.261 e. The Morgan fingerprint density at radius 3 is 2.16 bits per heavy atom. The molecule has 2 aromatic carbocycles. The monoisotopic (exact) mass is 330 g/mol. The maximum atomic E-state index is 12.3. The molecule has 1 atom stereocenters. The van der Waals surface area contributed by atoms with E-state index in [4.69, 9.17) is 0 Å². The third-order valence-corrected chi connectivity index (χ3v) is 4.26. The Balaban J connectivity index is 1.56. The molecule has 1 heterocycles. The molecule has 0 saturated heterocycles. The van der Waals surface area contributed by atoms with Gasteiger partial charge in [0.15, 0.2) is 0 Å². The second-order valence-electron chi connectivity index (χ2n) is 5.96. The predicted molar refractivity (Wildman–Crippen MR) is 95.6 cm³/mol. The van der Waals surface area contributed by atoms with Gasteiger partial charge in [-0.3, -0.25) is 14.5 Å². The van der Waals surface area contributed by atoms with E-state index in [9.17, 15) is 14.9 Å². The molecule has 0 fully saturated rings. The number of hydrogen-bond acceptors (Lipinski definition) is 3. The molecule has 0 aliphatic carbocycles. The quantitative estimate of drug-likeness (QED) is 0.754. The van der Waals surface area contributed by atoms with Crippen LogP contribution in [0.4, 0.5) is 0 Å². The van der Waals surface area contributed by atoms with Crippen molar-refractivity contribution >= 4 is 17.9 Å². The van der Waals surface area contributed by atoms with Crippen molar-refractivity contribution < 1.29 is 9.59 Å². The zero-order valence-electron chi connectivity index (χ0n) is 13.8. The van der Waals surface area contributed by atoms with Crippen LogP contribution in [0.25, 0.3) is 6.08 Å². The van der Waals surface area contributed by atoms with Crippen molar-refractivity contribution in [2.24, 2.45) is 5.92 Å². The first-order valence-electron chi connectivity index (χ1n) is 8.29. The van der Waals surface area contributed by atoms with Crippen molar-refractivity contribution in [1.29, 1.82) is 5.26 Å². The second kappa shape index (κ2) is 7.59. The van der Waals surface area contributed by atoms with Gasteiger partial charge in [-0.15, -0.1) is 0 Å². The van der Waals surface area contributed by atoms with Crippen molar-refractivity contribution in [2.45, 2.75) is 12.8 Å². The molecule has 3 rings (SSSR count). The van der Waals surface area contributed by atoms with E-state index in [2.05, 4.69) is 6.07 Å². The van der Waals surface area contributed by atoms with Crippen LogP contribution in [-0.4, -0.2) is 23.3 Å². The highest BCUT2D eigenvalue weighted by molar-refractivity contribution is 6.21. The van der Waals surface area contributed by atoms with Gasteiger partial charge in [0, 0.05) is 6.54 Å². The van der Waals surface area contributed by atoms with Crippen molar-refractivity contribution in [2.75, 3.05) is 6.54 Å². The number of hydrogen-bond donors (Lipinski definition) is 0. The SMILES string of the molecule is N#C[C@@H](/C=C/c1ccccc1)CCCN1C(=O)c2ccccc2C1=O. The summed E-state index contributed by atoms with van der Waals surface area (Å²) in [6.07, 6.45) is 5.00. The largest absolute Gasteiger partial charge is 0.274 e. The summed E-state index contributed by atoms with van der Waals surface area (Å²) >= 11 is 0. The average molecular weight is 330 g/mol. The first-order valence-corrected chi connectivity index (χ1v) is 8.29. The van der Waals surface area contributed by atoms with Crippen molar-refractivity contribution in [1.82, 2.24) is 4.90 Å². The van der Waals surface area contributed by atoms with E-state index in [0.29, 0.717) is 30.5 Å². The number of nitrogens with zero attached hydrogens (tertiary/aromatic N) is 2. The van der Waals surface area contributed by atoms with Gasteiger partial charge in [0.2, 0.25) is 0 Å². The zero-order chi connectivity index (χ0) is 17.6. The Morgan fingerprint density at radius 1 is 0.960 bits per heavy atom. The van der Waals surface area contributed by atoms with E-state index in [1.54, 1.807) is 24.3 Å². The number of rotatable bonds is 6. The standard InChI is InChI=1S/C21H18N2O2/c22-15-17(13-12-16-7-2-1-3-8-16)9-6-14-23-20(24)18-10-4-5-11-19(18)21(23)25/h1-5,7-8,10-13,17H,6,9,14H2/b13-12+/t17-/m1/s1. The topological polar surface area (TPSA) is 61.2 Å². The number of carbonyl (C=O) groups is 2. The van der Waals surface area contributed by atoms with E-state index in [-0.39, 0.29) is 17.7 Å². The van der Waals surface area contributed by atoms with Crippen LogP contribution in [-0.2, 0) is 0 Å². The van der Waals surface area contributed by atoms with E-state index in [0.717, 1.165) is 5.56 Å². The van der Waals surface area contributed by atoms with Crippen LogP contribution in [0.3, 0.4) is 0 Å². The van der Waals surface area contributed by atoms with Crippen LogP contribution in [0, 0.1) is 17.2 Å². The molecule has 0 radical (unpaired) electrons. The second-order valence-corrected chi connectivity index (χ2v) is 5.96. The lowest BCUT2D eigenvalue weighted by molar-refractivity contribution is 0.0651. The lowest BCUT2D eigenvalue weighted by Gasteiger charge is -2.14. The van der Waals surface area contributed by atoms with E-state index in [1.807, 2.05) is 42.5 Å². The molecule has 4 heteroatoms. The van der Waals surface area contributed by atoms with E-state index >= 15 is 0 Å². The number of fused-ring (bicyclic) bond motifs is 1. The molecular weight excluding hydrogens is 312 g/mol. The minimum atomic E-state index is -0.242. The number of benzene rings is 2. The molecule has 0 N–H and O–H groups in total. The summed E-state index contributed by atoms with van der Waals surface area (Å²) in [5.74, 6) is -0.724. The Bertz CT molecular complexity index is 815. The third-order valence-electron chi connectivity index (χ3n) is 4.26. The summed E-state index contributed by atoms with van der Waals surface area (Å²) in [4.78, 5) is 25.9. The maximum absolute atomic E-state index is 12.3. The minimum absolute atomic E-state index is 0.240. The van der Waals surface area contributed by atoms with Crippen LogP contribution >= 0.6 is 0 Å². The van der Waals surface area contributed by atoms with Crippen molar-refractivity contribution in [3.63, 3.8) is 0 Å². The summed E-state index contributed by atoms with van der Waals surface area (Å²) in [5.41, 5.74) is 1.98. The first kappa shape index (κ1) is 16.7. The predicted octanol–water partition coefficient (Wildman–Crippen LogP) is 3.92. The van der Waals surface area contributed by atoms with Gasteiger partial charge >= 0.3 is 0 Å². The summed E-state index contributed by atoms with van der Waals surface area (Å²) in [6.45, 7) is 0.337. The normalized spacial score (nSPS) is 14.6. The lowest BCUT2D eigenvalue weighted by Crippen LogP contribution is -2.30. The van der Waals surface area contributed by atoms with Gasteiger partial charge in [-0.2, -0.15) is 5.26 Å². The van der Waals surface area contributed by atoms with Crippen LogP contribution in [0.5, 0.6) is 0 Å². The molecule has 0 bridgehead atoms. The molecule has 1 aliphatic heterocycles. The van der Waals surface area contributed by atoms with Crippen LogP contribution in [0.1, 0.15) is 39.1 Å². The highest BCUT2D eigenvalue weighted by atomic mass is 16.2. The Morgan fingerprint density at radius 2 is 1.56 bits per heavy atom. The molecule has 1 aliphatic rings. The summed E-state index contributed by atoms with van der Waals surface area (Å²) in [5, 5.41) is 9.29. The number of nitriles is 1. The number of allylic oxidation sites excluding steroid dienone is 1. The van der Waals surface area contributed by atoms with Gasteiger partial charge in [-0.25, -0.2) is 0 Å². The molecule has 0 saturated carbocycles. The summed E-state index contributed by atoms with van der Waals surface area (Å²) in [6, 6.07) is 18.9. The number of imide groups is 1. The van der Waals surface area contributed by atoms with E-state index < -0.39 is 0 Å². The molecule has 124 valence electrons. The molecule has 25 heavy (non-hydrogen) atoms. The number of carbonyl (C=O) groups excluding carboxylic acids is 2. The Kier molecular flexibility index (Phi) is 5.06. The molecular formula is C21H18N2O2. The molecule has 0 unspecified atom stereocenters. The first-order chi connectivity index (χ1) is 12.2. The van der Waals surface area contributed by atoms with E-state index in [1.165, 1.54) is 4.90 Å². The molecule has 0 aromatic heterocycles. The van der Waals surface area contributed by atoms with Crippen LogP contribution < -0.4 is 0 Å². The van der Waals surface area contributed by atoms with Crippen LogP contribution in [0.2, 0.25) is 0 Å². The van der Waals surface area contributed by atoms with Gasteiger partial charge in [0.1, 0.15) is 0 Å². The zero-order valence-corrected chi connectivity index (χ0v) is 13.8. The van der Waals surface area contributed by atoms with Gasteiger partial charge in [-0.1, -0.05) is 54.6 Å². The molecule has 4 nitrogen and oxygen atoms in total. The average Bonchev–Trinajstić information content (AvgIpc) is 2.90. The minimum Gasteiger partial charge on any atom is -0.274 e. The summed E-state index contributed by atoms with van der Waals surface area (Å²) < 4.78 is 0. The fourth-order valence-corrected chi connectivity index (χ4v) is 2.91. The molecule has 0 spiro atoms. The Labute approximate surface area is 147 Å².